The van der Waals surface area contributed by atoms with Gasteiger partial charge in [0.05, 0.1) is 6.04 Å². The third-order valence-corrected chi connectivity index (χ3v) is 5.71. The van der Waals surface area contributed by atoms with Crippen LogP contribution in [0.3, 0.4) is 0 Å². The number of aromatic nitrogens is 1. The molecule has 2 amide bonds. The van der Waals surface area contributed by atoms with Crippen molar-refractivity contribution in [1.82, 2.24) is 9.88 Å². The van der Waals surface area contributed by atoms with Gasteiger partial charge in [-0.05, 0) is 42.7 Å². The van der Waals surface area contributed by atoms with E-state index < -0.39 is 42.6 Å². The first-order valence-electron chi connectivity index (χ1n) is 10.2. The number of alkyl halides is 2. The van der Waals surface area contributed by atoms with Crippen LogP contribution in [0.25, 0.3) is 0 Å². The molecule has 0 bridgehead atoms. The van der Waals surface area contributed by atoms with Gasteiger partial charge in [-0.2, -0.15) is 0 Å². The maximum atomic E-state index is 13.6. The zero-order valence-corrected chi connectivity index (χ0v) is 17.4. The van der Waals surface area contributed by atoms with Gasteiger partial charge in [-0.15, -0.1) is 0 Å². The summed E-state index contributed by atoms with van der Waals surface area (Å²) in [5.41, 5.74) is 1.30. The number of pyridine rings is 1. The van der Waals surface area contributed by atoms with E-state index in [4.69, 9.17) is 4.74 Å². The van der Waals surface area contributed by atoms with E-state index in [1.54, 1.807) is 19.1 Å². The Morgan fingerprint density at radius 3 is 2.50 bits per heavy atom. The smallest absolute Gasteiger partial charge is 0.412 e. The van der Waals surface area contributed by atoms with Gasteiger partial charge in [-0.1, -0.05) is 12.1 Å². The van der Waals surface area contributed by atoms with Crippen LogP contribution < -0.4 is 9.64 Å². The number of amides is 2. The average molecular weight is 449 g/mol. The highest BCUT2D eigenvalue weighted by Crippen LogP contribution is 2.36. The number of piperidine rings is 1. The summed E-state index contributed by atoms with van der Waals surface area (Å²) in [6, 6.07) is 6.73. The molecule has 3 heterocycles. The highest BCUT2D eigenvalue weighted by atomic mass is 19.3. The number of ether oxygens (including phenoxy) is 1. The molecular weight excluding hydrogens is 427 g/mol. The second-order valence-corrected chi connectivity index (χ2v) is 8.08. The number of anilines is 1. The lowest BCUT2D eigenvalue weighted by Gasteiger charge is -2.34. The lowest BCUT2D eigenvalue weighted by Crippen LogP contribution is -2.45. The van der Waals surface area contributed by atoms with E-state index in [9.17, 15) is 27.9 Å². The number of benzene rings is 1. The van der Waals surface area contributed by atoms with Crippen LogP contribution in [0.5, 0.6) is 5.88 Å². The first kappa shape index (κ1) is 21.9. The van der Waals surface area contributed by atoms with Crippen molar-refractivity contribution in [3.63, 3.8) is 0 Å². The Kier molecular flexibility index (Phi) is 5.70. The monoisotopic (exact) mass is 449 g/mol. The summed E-state index contributed by atoms with van der Waals surface area (Å²) in [6.07, 6.45) is -1.88. The number of hydrogen-bond acceptors (Lipinski definition) is 4. The van der Waals surface area contributed by atoms with E-state index in [1.807, 2.05) is 0 Å². The van der Waals surface area contributed by atoms with Crippen molar-refractivity contribution in [2.75, 3.05) is 24.6 Å². The van der Waals surface area contributed by atoms with Crippen molar-refractivity contribution in [1.29, 1.82) is 0 Å². The van der Waals surface area contributed by atoms with Crippen LogP contribution in [0, 0.1) is 5.82 Å². The van der Waals surface area contributed by atoms with Crippen molar-refractivity contribution < 1.29 is 32.6 Å². The minimum Gasteiger partial charge on any atom is -0.474 e. The van der Waals surface area contributed by atoms with Gasteiger partial charge < -0.3 is 14.7 Å². The quantitative estimate of drug-likeness (QED) is 0.767. The minimum absolute atomic E-state index is 0.000884. The first-order valence-corrected chi connectivity index (χ1v) is 10.2. The SMILES string of the molecule is CC1COc2nc(C(=O)N3CCC(F)(F)CC3)c(Cc3ccc(F)cc3)cc2N1C(=O)O. The Morgan fingerprint density at radius 2 is 1.88 bits per heavy atom. The topological polar surface area (TPSA) is 83.0 Å². The molecule has 2 aromatic rings. The van der Waals surface area contributed by atoms with Gasteiger partial charge in [0.1, 0.15) is 23.8 Å². The highest BCUT2D eigenvalue weighted by molar-refractivity contribution is 5.96. The minimum atomic E-state index is -2.81. The Bertz CT molecular complexity index is 1040. The third-order valence-electron chi connectivity index (χ3n) is 5.71. The summed E-state index contributed by atoms with van der Waals surface area (Å²) in [6.45, 7) is 1.52. The van der Waals surface area contributed by atoms with Crippen LogP contribution in [0.1, 0.15) is 41.4 Å². The number of carbonyl (C=O) groups excluding carboxylic acids is 1. The molecule has 1 atom stereocenters. The summed E-state index contributed by atoms with van der Waals surface area (Å²) in [4.78, 5) is 31.8. The summed E-state index contributed by atoms with van der Waals surface area (Å²) in [5.74, 6) is -3.75. The Morgan fingerprint density at radius 1 is 1.22 bits per heavy atom. The molecule has 1 N–H and O–H groups in total. The molecule has 0 aliphatic carbocycles. The molecule has 170 valence electrons. The number of halogens is 3. The molecule has 32 heavy (non-hydrogen) atoms. The Balaban J connectivity index is 1.74. The fraction of sp³-hybridized carbons (Fsp3) is 0.409. The maximum Gasteiger partial charge on any atom is 0.412 e. The van der Waals surface area contributed by atoms with Crippen LogP contribution in [-0.4, -0.2) is 58.7 Å². The van der Waals surface area contributed by atoms with Crippen LogP contribution in [0.4, 0.5) is 23.7 Å². The normalized spacial score (nSPS) is 19.8. The number of carbonyl (C=O) groups is 2. The molecule has 1 saturated heterocycles. The number of hydrogen-bond donors (Lipinski definition) is 1. The average Bonchev–Trinajstić information content (AvgIpc) is 2.74. The second kappa shape index (κ2) is 8.33. The summed E-state index contributed by atoms with van der Waals surface area (Å²) >= 11 is 0. The van der Waals surface area contributed by atoms with Crippen molar-refractivity contribution in [2.24, 2.45) is 0 Å². The fourth-order valence-corrected chi connectivity index (χ4v) is 3.94. The van der Waals surface area contributed by atoms with Gasteiger partial charge in [0.15, 0.2) is 0 Å². The summed E-state index contributed by atoms with van der Waals surface area (Å²) in [5, 5.41) is 9.65. The van der Waals surface area contributed by atoms with E-state index in [0.717, 1.165) is 4.90 Å². The van der Waals surface area contributed by atoms with E-state index in [0.29, 0.717) is 11.1 Å². The van der Waals surface area contributed by atoms with Gasteiger partial charge in [0, 0.05) is 25.9 Å². The number of fused-ring (bicyclic) bond motifs is 1. The van der Waals surface area contributed by atoms with Crippen LogP contribution >= 0.6 is 0 Å². The predicted molar refractivity (Wildman–Crippen MR) is 109 cm³/mol. The van der Waals surface area contributed by atoms with Crippen LogP contribution in [0.2, 0.25) is 0 Å². The van der Waals surface area contributed by atoms with Gasteiger partial charge >= 0.3 is 6.09 Å². The molecule has 4 rings (SSSR count). The van der Waals surface area contributed by atoms with Gasteiger partial charge in [-0.3, -0.25) is 9.69 Å². The lowest BCUT2D eigenvalue weighted by molar-refractivity contribution is -0.0495. The molecule has 0 saturated carbocycles. The van der Waals surface area contributed by atoms with Gasteiger partial charge in [0.25, 0.3) is 11.8 Å². The zero-order valence-electron chi connectivity index (χ0n) is 17.4. The molecule has 2 aliphatic rings. The van der Waals surface area contributed by atoms with Gasteiger partial charge in [0.2, 0.25) is 5.88 Å². The molecular formula is C22H22F3N3O4. The highest BCUT2D eigenvalue weighted by Gasteiger charge is 2.38. The van der Waals surface area contributed by atoms with Crippen LogP contribution in [0.15, 0.2) is 30.3 Å². The second-order valence-electron chi connectivity index (χ2n) is 8.08. The Hall–Kier alpha value is -3.30. The lowest BCUT2D eigenvalue weighted by atomic mass is 10.00. The summed E-state index contributed by atoms with van der Waals surface area (Å²) < 4.78 is 46.0. The molecule has 1 unspecified atom stereocenters. The fourth-order valence-electron chi connectivity index (χ4n) is 3.94. The molecule has 1 fully saturated rings. The Labute approximate surface area is 182 Å². The molecule has 10 heteroatoms. The summed E-state index contributed by atoms with van der Waals surface area (Å²) in [7, 11) is 0. The van der Waals surface area contributed by atoms with Crippen molar-refractivity contribution in [3.8, 4) is 5.88 Å². The number of likely N-dealkylation sites (tertiary alicyclic amines) is 1. The van der Waals surface area contributed by atoms with Crippen molar-refractivity contribution in [3.05, 3.63) is 53.0 Å². The van der Waals surface area contributed by atoms with E-state index in [-0.39, 0.29) is 43.4 Å². The standard InChI is InChI=1S/C22H22F3N3O4/c1-13-12-32-19-17(28(13)21(30)31)11-15(10-14-2-4-16(23)5-3-14)18(26-19)20(29)27-8-6-22(24,25)7-9-27/h2-5,11,13H,6-10,12H2,1H3,(H,30,31). The number of nitrogens with zero attached hydrogens (tertiary/aromatic N) is 3. The largest absolute Gasteiger partial charge is 0.474 e. The van der Waals surface area contributed by atoms with Crippen LogP contribution in [-0.2, 0) is 6.42 Å². The number of rotatable bonds is 3. The molecule has 0 spiro atoms. The molecule has 1 aromatic carbocycles. The third kappa shape index (κ3) is 4.35. The van der Waals surface area contributed by atoms with E-state index in [2.05, 4.69) is 4.98 Å². The molecule has 2 aliphatic heterocycles. The number of carboxylic acid groups (broad SMARTS) is 1. The molecule has 7 nitrogen and oxygen atoms in total. The van der Waals surface area contributed by atoms with E-state index >= 15 is 0 Å². The van der Waals surface area contributed by atoms with Crippen molar-refractivity contribution >= 4 is 17.7 Å². The van der Waals surface area contributed by atoms with Gasteiger partial charge in [-0.25, -0.2) is 22.9 Å². The van der Waals surface area contributed by atoms with Crippen molar-refractivity contribution in [2.45, 2.75) is 38.2 Å². The van der Waals surface area contributed by atoms with E-state index in [1.165, 1.54) is 23.1 Å². The molecule has 0 radical (unpaired) electrons. The molecule has 1 aromatic heterocycles. The zero-order chi connectivity index (χ0) is 23.0. The first-order chi connectivity index (χ1) is 15.1. The predicted octanol–water partition coefficient (Wildman–Crippen LogP) is 3.95. The maximum absolute atomic E-state index is 13.6.